The predicted molar refractivity (Wildman–Crippen MR) is 78.0 cm³/mol. The SMILES string of the molecule is Cc1cc(F)c(C(=O)O)cc1CC(=O)OCc1ccccc1. The topological polar surface area (TPSA) is 63.6 Å². The molecule has 22 heavy (non-hydrogen) atoms. The third kappa shape index (κ3) is 3.91. The van der Waals surface area contributed by atoms with Crippen molar-refractivity contribution in [1.29, 1.82) is 0 Å². The van der Waals surface area contributed by atoms with Gasteiger partial charge in [0.1, 0.15) is 12.4 Å². The van der Waals surface area contributed by atoms with Crippen LogP contribution in [0.25, 0.3) is 0 Å². The maximum atomic E-state index is 13.5. The molecule has 0 radical (unpaired) electrons. The minimum absolute atomic E-state index is 0.0980. The number of esters is 1. The van der Waals surface area contributed by atoms with Gasteiger partial charge < -0.3 is 9.84 Å². The van der Waals surface area contributed by atoms with E-state index in [2.05, 4.69) is 0 Å². The van der Waals surface area contributed by atoms with Gasteiger partial charge in [-0.1, -0.05) is 30.3 Å². The minimum atomic E-state index is -1.36. The van der Waals surface area contributed by atoms with Crippen molar-refractivity contribution in [3.05, 3.63) is 70.5 Å². The van der Waals surface area contributed by atoms with Gasteiger partial charge in [-0.05, 0) is 35.7 Å². The number of hydrogen-bond donors (Lipinski definition) is 1. The van der Waals surface area contributed by atoms with Crippen molar-refractivity contribution < 1.29 is 23.8 Å². The van der Waals surface area contributed by atoms with Gasteiger partial charge in [0.25, 0.3) is 0 Å². The first-order chi connectivity index (χ1) is 10.5. The zero-order valence-corrected chi connectivity index (χ0v) is 12.0. The number of halogens is 1. The molecule has 0 aromatic heterocycles. The molecule has 2 aromatic rings. The first-order valence-corrected chi connectivity index (χ1v) is 6.69. The molecule has 0 fully saturated rings. The molecule has 1 N–H and O–H groups in total. The van der Waals surface area contributed by atoms with E-state index in [1.807, 2.05) is 30.3 Å². The van der Waals surface area contributed by atoms with Crippen LogP contribution >= 0.6 is 0 Å². The standard InChI is InChI=1S/C17H15FO4/c1-11-7-15(18)14(17(20)21)8-13(11)9-16(19)22-10-12-5-3-2-4-6-12/h2-8H,9-10H2,1H3,(H,20,21). The first-order valence-electron chi connectivity index (χ1n) is 6.69. The summed E-state index contributed by atoms with van der Waals surface area (Å²) in [5.41, 5.74) is 1.37. The molecule has 0 amide bonds. The normalized spacial score (nSPS) is 10.3. The molecule has 5 heteroatoms. The number of rotatable bonds is 5. The molecule has 0 bridgehead atoms. The average Bonchev–Trinajstić information content (AvgIpc) is 2.48. The van der Waals surface area contributed by atoms with Gasteiger partial charge in [0.15, 0.2) is 0 Å². The molecule has 2 aromatic carbocycles. The molecule has 0 unspecified atom stereocenters. The third-order valence-corrected chi connectivity index (χ3v) is 3.23. The Labute approximate surface area is 127 Å². The summed E-state index contributed by atoms with van der Waals surface area (Å²) in [6, 6.07) is 11.5. The van der Waals surface area contributed by atoms with Gasteiger partial charge in [-0.3, -0.25) is 4.79 Å². The number of carboxylic acid groups (broad SMARTS) is 1. The number of carbonyl (C=O) groups is 2. The molecule has 0 aliphatic carbocycles. The summed E-state index contributed by atoms with van der Waals surface area (Å²) in [6.07, 6.45) is -0.0980. The highest BCUT2D eigenvalue weighted by atomic mass is 19.1. The van der Waals surface area contributed by atoms with E-state index in [4.69, 9.17) is 9.84 Å². The Kier molecular flexibility index (Phi) is 4.88. The smallest absolute Gasteiger partial charge is 0.338 e. The van der Waals surface area contributed by atoms with Crippen LogP contribution in [0.4, 0.5) is 4.39 Å². The number of carbonyl (C=O) groups excluding carboxylic acids is 1. The second-order valence-electron chi connectivity index (χ2n) is 4.89. The van der Waals surface area contributed by atoms with Crippen molar-refractivity contribution in [2.24, 2.45) is 0 Å². The lowest BCUT2D eigenvalue weighted by atomic mass is 10.0. The van der Waals surface area contributed by atoms with E-state index in [9.17, 15) is 14.0 Å². The Balaban J connectivity index is 2.05. The number of aryl methyl sites for hydroxylation is 1. The molecule has 0 atom stereocenters. The van der Waals surface area contributed by atoms with Gasteiger partial charge in [0, 0.05) is 0 Å². The van der Waals surface area contributed by atoms with Crippen molar-refractivity contribution in [3.8, 4) is 0 Å². The summed E-state index contributed by atoms with van der Waals surface area (Å²) in [6.45, 7) is 1.76. The average molecular weight is 302 g/mol. The van der Waals surface area contributed by atoms with Gasteiger partial charge in [0.2, 0.25) is 0 Å². The summed E-state index contributed by atoms with van der Waals surface area (Å²) in [4.78, 5) is 22.8. The molecule has 0 aliphatic rings. The van der Waals surface area contributed by atoms with Crippen LogP contribution < -0.4 is 0 Å². The summed E-state index contributed by atoms with van der Waals surface area (Å²) in [7, 11) is 0. The summed E-state index contributed by atoms with van der Waals surface area (Å²) < 4.78 is 18.6. The Morgan fingerprint density at radius 2 is 1.86 bits per heavy atom. The molecule has 0 saturated heterocycles. The Hall–Kier alpha value is -2.69. The number of aromatic carboxylic acids is 1. The van der Waals surface area contributed by atoms with Crippen molar-refractivity contribution in [1.82, 2.24) is 0 Å². The zero-order valence-electron chi connectivity index (χ0n) is 12.0. The van der Waals surface area contributed by atoms with Crippen LogP contribution in [0.1, 0.15) is 27.0 Å². The van der Waals surface area contributed by atoms with Crippen molar-refractivity contribution in [2.45, 2.75) is 20.0 Å². The van der Waals surface area contributed by atoms with E-state index >= 15 is 0 Å². The second kappa shape index (κ2) is 6.85. The van der Waals surface area contributed by atoms with E-state index in [0.717, 1.165) is 11.6 Å². The lowest BCUT2D eigenvalue weighted by Gasteiger charge is -2.09. The fourth-order valence-corrected chi connectivity index (χ4v) is 2.02. The van der Waals surface area contributed by atoms with Crippen LogP contribution in [0, 0.1) is 12.7 Å². The molecular formula is C17H15FO4. The molecule has 0 saturated carbocycles. The maximum absolute atomic E-state index is 13.5. The summed E-state index contributed by atoms with van der Waals surface area (Å²) in [5.74, 6) is -2.67. The number of benzene rings is 2. The molecule has 0 heterocycles. The largest absolute Gasteiger partial charge is 0.478 e. The number of hydrogen-bond acceptors (Lipinski definition) is 3. The van der Waals surface area contributed by atoms with Gasteiger partial charge in [0.05, 0.1) is 12.0 Å². The van der Waals surface area contributed by atoms with Gasteiger partial charge in [-0.15, -0.1) is 0 Å². The van der Waals surface area contributed by atoms with Gasteiger partial charge in [-0.2, -0.15) is 0 Å². The van der Waals surface area contributed by atoms with Crippen LogP contribution in [-0.4, -0.2) is 17.0 Å². The minimum Gasteiger partial charge on any atom is -0.478 e. The second-order valence-corrected chi connectivity index (χ2v) is 4.89. The first kappa shape index (κ1) is 15.7. The Morgan fingerprint density at radius 3 is 2.50 bits per heavy atom. The monoisotopic (exact) mass is 302 g/mol. The van der Waals surface area contributed by atoms with E-state index < -0.39 is 23.3 Å². The summed E-state index contributed by atoms with van der Waals surface area (Å²) in [5, 5.41) is 8.91. The van der Waals surface area contributed by atoms with E-state index in [1.165, 1.54) is 6.07 Å². The number of carboxylic acids is 1. The van der Waals surface area contributed by atoms with Crippen LogP contribution in [-0.2, 0) is 22.6 Å². The fourth-order valence-electron chi connectivity index (χ4n) is 2.02. The molecule has 4 nitrogen and oxygen atoms in total. The molecule has 114 valence electrons. The van der Waals surface area contributed by atoms with Crippen LogP contribution in [0.3, 0.4) is 0 Å². The lowest BCUT2D eigenvalue weighted by molar-refractivity contribution is -0.144. The zero-order chi connectivity index (χ0) is 16.1. The molecule has 0 spiro atoms. The Morgan fingerprint density at radius 1 is 1.18 bits per heavy atom. The van der Waals surface area contributed by atoms with Crippen LogP contribution in [0.2, 0.25) is 0 Å². The van der Waals surface area contributed by atoms with Crippen molar-refractivity contribution in [3.63, 3.8) is 0 Å². The van der Waals surface area contributed by atoms with E-state index in [1.54, 1.807) is 6.92 Å². The van der Waals surface area contributed by atoms with Gasteiger partial charge >= 0.3 is 11.9 Å². The van der Waals surface area contributed by atoms with E-state index in [-0.39, 0.29) is 13.0 Å². The lowest BCUT2D eigenvalue weighted by Crippen LogP contribution is -2.11. The third-order valence-electron chi connectivity index (χ3n) is 3.23. The van der Waals surface area contributed by atoms with Crippen LogP contribution in [0.5, 0.6) is 0 Å². The Bertz CT molecular complexity index is 695. The van der Waals surface area contributed by atoms with Gasteiger partial charge in [-0.25, -0.2) is 9.18 Å². The van der Waals surface area contributed by atoms with Crippen LogP contribution in [0.15, 0.2) is 42.5 Å². The predicted octanol–water partition coefficient (Wildman–Crippen LogP) is 3.12. The maximum Gasteiger partial charge on any atom is 0.338 e. The van der Waals surface area contributed by atoms with Crippen molar-refractivity contribution >= 4 is 11.9 Å². The van der Waals surface area contributed by atoms with E-state index in [0.29, 0.717) is 11.1 Å². The highest BCUT2D eigenvalue weighted by Gasteiger charge is 2.15. The van der Waals surface area contributed by atoms with Crippen molar-refractivity contribution in [2.75, 3.05) is 0 Å². The fraction of sp³-hybridized carbons (Fsp3) is 0.176. The molecule has 0 aliphatic heterocycles. The number of ether oxygens (including phenoxy) is 1. The molecule has 2 rings (SSSR count). The highest BCUT2D eigenvalue weighted by Crippen LogP contribution is 2.17. The quantitative estimate of drug-likeness (QED) is 0.862. The molecular weight excluding hydrogens is 287 g/mol. The highest BCUT2D eigenvalue weighted by molar-refractivity contribution is 5.88. The summed E-state index contributed by atoms with van der Waals surface area (Å²) >= 11 is 0.